The molecule has 0 aromatic heterocycles. The molecule has 0 atom stereocenters. The van der Waals surface area contributed by atoms with Gasteiger partial charge >= 0.3 is 0 Å². The molecule has 0 radical (unpaired) electrons. The molecule has 1 amide bonds. The van der Waals surface area contributed by atoms with Gasteiger partial charge in [-0.25, -0.2) is 9.38 Å². The predicted octanol–water partition coefficient (Wildman–Crippen LogP) is 5.01. The molecule has 2 aromatic rings. The maximum atomic E-state index is 12.9. The van der Waals surface area contributed by atoms with E-state index in [9.17, 15) is 9.18 Å². The Balaban J connectivity index is 1.78. The third-order valence-corrected chi connectivity index (χ3v) is 4.69. The number of rotatable bonds is 2. The van der Waals surface area contributed by atoms with Crippen molar-refractivity contribution in [3.63, 3.8) is 0 Å². The number of nitrogens with zero attached hydrogens (tertiary/aromatic N) is 1. The molecular weight excluding hydrogens is 335 g/mol. The van der Waals surface area contributed by atoms with Gasteiger partial charge < -0.3 is 5.32 Å². The molecular formula is C20H19FN2OS. The minimum atomic E-state index is -0.314. The van der Waals surface area contributed by atoms with Crippen molar-refractivity contribution in [1.82, 2.24) is 5.32 Å². The average molecular weight is 354 g/mol. The number of amidine groups is 1. The lowest BCUT2D eigenvalue weighted by Crippen LogP contribution is -2.19. The van der Waals surface area contributed by atoms with E-state index in [0.29, 0.717) is 15.8 Å². The van der Waals surface area contributed by atoms with E-state index in [1.54, 1.807) is 12.1 Å². The summed E-state index contributed by atoms with van der Waals surface area (Å²) in [5.41, 5.74) is 2.91. The third kappa shape index (κ3) is 4.37. The van der Waals surface area contributed by atoms with Crippen LogP contribution in [0.1, 0.15) is 31.9 Å². The Kier molecular flexibility index (Phi) is 4.77. The molecule has 1 fully saturated rings. The van der Waals surface area contributed by atoms with Crippen LogP contribution >= 0.6 is 11.8 Å². The van der Waals surface area contributed by atoms with Gasteiger partial charge in [0.25, 0.3) is 5.91 Å². The number of hydrogen-bond acceptors (Lipinski definition) is 3. The van der Waals surface area contributed by atoms with E-state index in [0.717, 1.165) is 5.56 Å². The second-order valence-electron chi connectivity index (χ2n) is 6.83. The van der Waals surface area contributed by atoms with Crippen molar-refractivity contribution in [2.45, 2.75) is 26.2 Å². The first-order valence-electron chi connectivity index (χ1n) is 7.97. The number of halogens is 1. The summed E-state index contributed by atoms with van der Waals surface area (Å²) in [7, 11) is 0. The molecule has 1 saturated heterocycles. The molecule has 1 N–H and O–H groups in total. The number of nitrogens with one attached hydrogen (secondary N) is 1. The van der Waals surface area contributed by atoms with Crippen LogP contribution in [0.4, 0.5) is 10.1 Å². The first kappa shape index (κ1) is 17.4. The first-order chi connectivity index (χ1) is 11.8. The van der Waals surface area contributed by atoms with Crippen LogP contribution in [0, 0.1) is 5.82 Å². The van der Waals surface area contributed by atoms with E-state index < -0.39 is 0 Å². The zero-order valence-corrected chi connectivity index (χ0v) is 15.2. The normalized spacial score (nSPS) is 18.0. The molecule has 25 heavy (non-hydrogen) atoms. The highest BCUT2D eigenvalue weighted by molar-refractivity contribution is 8.18. The fourth-order valence-electron chi connectivity index (χ4n) is 2.34. The Morgan fingerprint density at radius 1 is 1.04 bits per heavy atom. The largest absolute Gasteiger partial charge is 0.300 e. The Morgan fingerprint density at radius 3 is 2.28 bits per heavy atom. The standard InChI is InChI=1S/C20H19FN2OS/c1-20(2,3)14-6-4-13(5-7-14)12-17-18(24)23-19(25-17)22-16-10-8-15(21)9-11-16/h4-12H,1-3H3,(H,22,23,24)/b17-12+. The number of aliphatic imine (C=N–C) groups is 1. The lowest BCUT2D eigenvalue weighted by molar-refractivity contribution is -0.115. The maximum Gasteiger partial charge on any atom is 0.264 e. The minimum absolute atomic E-state index is 0.0974. The number of carbonyl (C=O) groups excluding carboxylic acids is 1. The number of benzene rings is 2. The van der Waals surface area contributed by atoms with Gasteiger partial charge in [-0.2, -0.15) is 0 Å². The van der Waals surface area contributed by atoms with Crippen molar-refractivity contribution >= 4 is 34.6 Å². The van der Waals surface area contributed by atoms with Gasteiger partial charge in [-0.3, -0.25) is 4.79 Å². The number of thioether (sulfide) groups is 1. The molecule has 0 bridgehead atoms. The lowest BCUT2D eigenvalue weighted by Gasteiger charge is -2.18. The minimum Gasteiger partial charge on any atom is -0.300 e. The molecule has 3 rings (SSSR count). The molecule has 2 aromatic carbocycles. The third-order valence-electron chi connectivity index (χ3n) is 3.78. The fourth-order valence-corrected chi connectivity index (χ4v) is 3.19. The van der Waals surface area contributed by atoms with Gasteiger partial charge in [0.05, 0.1) is 10.6 Å². The second kappa shape index (κ2) is 6.84. The summed E-state index contributed by atoms with van der Waals surface area (Å²) < 4.78 is 12.9. The van der Waals surface area contributed by atoms with Crippen LogP contribution in [-0.4, -0.2) is 11.1 Å². The van der Waals surface area contributed by atoms with Crippen molar-refractivity contribution in [3.8, 4) is 0 Å². The van der Waals surface area contributed by atoms with E-state index in [2.05, 4.69) is 43.2 Å². The quantitative estimate of drug-likeness (QED) is 0.770. The van der Waals surface area contributed by atoms with E-state index in [-0.39, 0.29) is 17.1 Å². The van der Waals surface area contributed by atoms with E-state index in [1.165, 1.54) is 29.5 Å². The van der Waals surface area contributed by atoms with Crippen LogP contribution in [0.3, 0.4) is 0 Å². The molecule has 1 aliphatic rings. The van der Waals surface area contributed by atoms with Crippen LogP contribution in [-0.2, 0) is 10.2 Å². The number of amides is 1. The summed E-state index contributed by atoms with van der Waals surface area (Å²) >= 11 is 1.28. The predicted molar refractivity (Wildman–Crippen MR) is 102 cm³/mol. The summed E-state index contributed by atoms with van der Waals surface area (Å²) in [6.07, 6.45) is 1.85. The molecule has 3 nitrogen and oxygen atoms in total. The van der Waals surface area contributed by atoms with Gasteiger partial charge in [0.15, 0.2) is 5.17 Å². The Labute approximate surface area is 151 Å². The highest BCUT2D eigenvalue weighted by Crippen LogP contribution is 2.29. The SMILES string of the molecule is CC(C)(C)c1ccc(/C=C2/SC(=Nc3ccc(F)cc3)NC2=O)cc1. The molecule has 5 heteroatoms. The zero-order chi connectivity index (χ0) is 18.0. The van der Waals surface area contributed by atoms with Crippen molar-refractivity contribution in [2.75, 3.05) is 0 Å². The van der Waals surface area contributed by atoms with E-state index in [1.807, 2.05) is 18.2 Å². The smallest absolute Gasteiger partial charge is 0.264 e. The highest BCUT2D eigenvalue weighted by Gasteiger charge is 2.23. The number of hydrogen-bond donors (Lipinski definition) is 1. The topological polar surface area (TPSA) is 41.5 Å². The van der Waals surface area contributed by atoms with Crippen molar-refractivity contribution in [2.24, 2.45) is 4.99 Å². The maximum absolute atomic E-state index is 12.9. The number of carbonyl (C=O) groups is 1. The molecule has 0 unspecified atom stereocenters. The Bertz CT molecular complexity index is 847. The molecule has 0 aliphatic carbocycles. The Morgan fingerprint density at radius 2 is 1.68 bits per heavy atom. The lowest BCUT2D eigenvalue weighted by atomic mass is 9.87. The first-order valence-corrected chi connectivity index (χ1v) is 8.79. The van der Waals surface area contributed by atoms with Gasteiger partial charge in [0.1, 0.15) is 5.82 Å². The van der Waals surface area contributed by atoms with Gasteiger partial charge in [-0.15, -0.1) is 0 Å². The van der Waals surface area contributed by atoms with Gasteiger partial charge in [-0.1, -0.05) is 45.0 Å². The highest BCUT2D eigenvalue weighted by atomic mass is 32.2. The van der Waals surface area contributed by atoms with Gasteiger partial charge in [-0.05, 0) is 58.6 Å². The van der Waals surface area contributed by atoms with Crippen molar-refractivity contribution in [1.29, 1.82) is 0 Å². The van der Waals surface area contributed by atoms with Crippen LogP contribution in [0.25, 0.3) is 6.08 Å². The summed E-state index contributed by atoms with van der Waals surface area (Å²) in [6, 6.07) is 14.0. The molecule has 128 valence electrons. The average Bonchev–Trinajstić information content (AvgIpc) is 2.89. The molecule has 0 spiro atoms. The van der Waals surface area contributed by atoms with E-state index in [4.69, 9.17) is 0 Å². The monoisotopic (exact) mass is 354 g/mol. The molecule has 1 heterocycles. The summed E-state index contributed by atoms with van der Waals surface area (Å²) in [4.78, 5) is 17.0. The Hall–Kier alpha value is -2.40. The van der Waals surface area contributed by atoms with Crippen LogP contribution in [0.5, 0.6) is 0 Å². The molecule has 0 saturated carbocycles. The van der Waals surface area contributed by atoms with E-state index >= 15 is 0 Å². The zero-order valence-electron chi connectivity index (χ0n) is 14.3. The second-order valence-corrected chi connectivity index (χ2v) is 7.86. The van der Waals surface area contributed by atoms with Crippen LogP contribution in [0.2, 0.25) is 0 Å². The van der Waals surface area contributed by atoms with Crippen molar-refractivity contribution < 1.29 is 9.18 Å². The summed E-state index contributed by atoms with van der Waals surface area (Å²) in [6.45, 7) is 6.50. The van der Waals surface area contributed by atoms with Crippen molar-refractivity contribution in [3.05, 3.63) is 70.4 Å². The fraction of sp³-hybridized carbons (Fsp3) is 0.200. The summed E-state index contributed by atoms with van der Waals surface area (Å²) in [5, 5.41) is 3.23. The van der Waals surface area contributed by atoms with Crippen LogP contribution in [0.15, 0.2) is 58.4 Å². The van der Waals surface area contributed by atoms with Crippen LogP contribution < -0.4 is 5.32 Å². The van der Waals surface area contributed by atoms with Gasteiger partial charge in [0, 0.05) is 0 Å². The van der Waals surface area contributed by atoms with Gasteiger partial charge in [0.2, 0.25) is 0 Å². The summed E-state index contributed by atoms with van der Waals surface area (Å²) in [5.74, 6) is -0.489. The molecule has 1 aliphatic heterocycles.